The van der Waals surface area contributed by atoms with Crippen LogP contribution in [-0.4, -0.2) is 15.7 Å². The average Bonchev–Trinajstić information content (AvgIpc) is 2.38. The quantitative estimate of drug-likeness (QED) is 0.860. The van der Waals surface area contributed by atoms with E-state index in [-0.39, 0.29) is 5.56 Å². The summed E-state index contributed by atoms with van der Waals surface area (Å²) in [5.41, 5.74) is 2.71. The van der Waals surface area contributed by atoms with Crippen molar-refractivity contribution >= 4 is 23.4 Å². The first-order chi connectivity index (χ1) is 9.58. The number of halogens is 1. The minimum absolute atomic E-state index is 0.0201. The summed E-state index contributed by atoms with van der Waals surface area (Å²) < 4.78 is 0. The predicted octanol–water partition coefficient (Wildman–Crippen LogP) is 3.52. The molecule has 0 fully saturated rings. The molecule has 1 N–H and O–H groups in total. The molecule has 0 spiro atoms. The maximum absolute atomic E-state index is 11.9. The molecule has 1 aromatic heterocycles. The Morgan fingerprint density at radius 3 is 2.75 bits per heavy atom. The van der Waals surface area contributed by atoms with E-state index < -0.39 is 0 Å². The number of aryl methyl sites for hydroxylation is 2. The number of nitrogens with zero attached hydrogens (tertiary/aromatic N) is 1. The van der Waals surface area contributed by atoms with Gasteiger partial charge >= 0.3 is 0 Å². The standard InChI is InChI=1S/C15H17ClN2OS/c1-10-13(15(19)18-11(2)17-10)7-8-20-9-12-5-3-4-6-14(12)16/h3-6H,7-9H2,1-2H3,(H,17,18,19). The molecule has 2 rings (SSSR count). The van der Waals surface area contributed by atoms with Crippen molar-refractivity contribution in [2.75, 3.05) is 5.75 Å². The first-order valence-electron chi connectivity index (χ1n) is 6.45. The zero-order valence-corrected chi connectivity index (χ0v) is 13.1. The second-order valence-corrected chi connectivity index (χ2v) is 6.12. The van der Waals surface area contributed by atoms with Crippen molar-refractivity contribution in [3.05, 3.63) is 62.3 Å². The summed E-state index contributed by atoms with van der Waals surface area (Å²) in [5, 5.41) is 0.797. The van der Waals surface area contributed by atoms with Crippen molar-refractivity contribution in [1.29, 1.82) is 0 Å². The Bertz CT molecular complexity index is 655. The fraction of sp³-hybridized carbons (Fsp3) is 0.333. The van der Waals surface area contributed by atoms with E-state index in [2.05, 4.69) is 9.97 Å². The summed E-state index contributed by atoms with van der Waals surface area (Å²) in [5.74, 6) is 2.40. The number of aromatic amines is 1. The Morgan fingerprint density at radius 2 is 2.05 bits per heavy atom. The van der Waals surface area contributed by atoms with Gasteiger partial charge in [0.05, 0.1) is 0 Å². The van der Waals surface area contributed by atoms with Gasteiger partial charge in [0.25, 0.3) is 5.56 Å². The fourth-order valence-electron chi connectivity index (χ4n) is 2.02. The van der Waals surface area contributed by atoms with Crippen LogP contribution in [-0.2, 0) is 12.2 Å². The third-order valence-corrected chi connectivity index (χ3v) is 4.43. The van der Waals surface area contributed by atoms with Crippen LogP contribution in [0.3, 0.4) is 0 Å². The van der Waals surface area contributed by atoms with Crippen LogP contribution in [0.2, 0.25) is 5.02 Å². The molecule has 5 heteroatoms. The Hall–Kier alpha value is -1.26. The van der Waals surface area contributed by atoms with E-state index in [0.29, 0.717) is 5.82 Å². The number of rotatable bonds is 5. The van der Waals surface area contributed by atoms with Crippen molar-refractivity contribution in [2.45, 2.75) is 26.0 Å². The molecule has 0 unspecified atom stereocenters. The topological polar surface area (TPSA) is 45.8 Å². The van der Waals surface area contributed by atoms with Gasteiger partial charge in [-0.25, -0.2) is 4.98 Å². The highest BCUT2D eigenvalue weighted by Crippen LogP contribution is 2.21. The molecular formula is C15H17ClN2OS. The molecule has 1 aromatic carbocycles. The second-order valence-electron chi connectivity index (χ2n) is 4.61. The lowest BCUT2D eigenvalue weighted by atomic mass is 10.2. The summed E-state index contributed by atoms with van der Waals surface area (Å²) in [7, 11) is 0. The highest BCUT2D eigenvalue weighted by molar-refractivity contribution is 7.98. The maximum Gasteiger partial charge on any atom is 0.254 e. The van der Waals surface area contributed by atoms with Crippen molar-refractivity contribution in [3.63, 3.8) is 0 Å². The molecule has 20 heavy (non-hydrogen) atoms. The van der Waals surface area contributed by atoms with Crippen LogP contribution in [0.5, 0.6) is 0 Å². The molecule has 3 nitrogen and oxygen atoms in total. The summed E-state index contributed by atoms with van der Waals surface area (Å²) in [4.78, 5) is 18.9. The van der Waals surface area contributed by atoms with Gasteiger partial charge in [-0.3, -0.25) is 4.79 Å². The van der Waals surface area contributed by atoms with Crippen molar-refractivity contribution in [1.82, 2.24) is 9.97 Å². The van der Waals surface area contributed by atoms with Gasteiger partial charge in [-0.2, -0.15) is 11.8 Å². The van der Waals surface area contributed by atoms with E-state index in [0.717, 1.165) is 39.8 Å². The van der Waals surface area contributed by atoms with E-state index >= 15 is 0 Å². The number of hydrogen-bond acceptors (Lipinski definition) is 3. The highest BCUT2D eigenvalue weighted by atomic mass is 35.5. The normalized spacial score (nSPS) is 10.8. The number of H-pyrrole nitrogens is 1. The molecule has 0 aliphatic rings. The minimum atomic E-state index is -0.0201. The van der Waals surface area contributed by atoms with Gasteiger partial charge in [0.2, 0.25) is 0 Å². The van der Waals surface area contributed by atoms with E-state index in [1.54, 1.807) is 18.7 Å². The van der Waals surface area contributed by atoms with Gasteiger partial charge in [0.1, 0.15) is 5.82 Å². The number of aromatic nitrogens is 2. The van der Waals surface area contributed by atoms with Gasteiger partial charge in [0, 0.05) is 22.0 Å². The van der Waals surface area contributed by atoms with Gasteiger partial charge < -0.3 is 4.98 Å². The zero-order chi connectivity index (χ0) is 14.5. The lowest BCUT2D eigenvalue weighted by molar-refractivity contribution is 0.919. The van der Waals surface area contributed by atoms with Crippen LogP contribution < -0.4 is 5.56 Å². The van der Waals surface area contributed by atoms with Crippen LogP contribution in [0, 0.1) is 13.8 Å². The first-order valence-corrected chi connectivity index (χ1v) is 7.98. The molecular weight excluding hydrogens is 292 g/mol. The highest BCUT2D eigenvalue weighted by Gasteiger charge is 2.06. The van der Waals surface area contributed by atoms with E-state index in [4.69, 9.17) is 11.6 Å². The lowest BCUT2D eigenvalue weighted by Crippen LogP contribution is -2.18. The Balaban J connectivity index is 1.91. The third-order valence-electron chi connectivity index (χ3n) is 3.05. The van der Waals surface area contributed by atoms with Crippen LogP contribution in [0.4, 0.5) is 0 Å². The van der Waals surface area contributed by atoms with E-state index in [9.17, 15) is 4.79 Å². The van der Waals surface area contributed by atoms with Gasteiger partial charge in [-0.1, -0.05) is 29.8 Å². The van der Waals surface area contributed by atoms with Crippen LogP contribution in [0.1, 0.15) is 22.6 Å². The fourth-order valence-corrected chi connectivity index (χ4v) is 3.26. The minimum Gasteiger partial charge on any atom is -0.311 e. The van der Waals surface area contributed by atoms with E-state index in [1.807, 2.05) is 31.2 Å². The lowest BCUT2D eigenvalue weighted by Gasteiger charge is -2.06. The summed E-state index contributed by atoms with van der Waals surface area (Å²) in [6.07, 6.45) is 0.726. The van der Waals surface area contributed by atoms with Gasteiger partial charge in [-0.05, 0) is 37.7 Å². The number of thioether (sulfide) groups is 1. The first kappa shape index (κ1) is 15.1. The molecule has 0 bridgehead atoms. The maximum atomic E-state index is 11.9. The van der Waals surface area contributed by atoms with Crippen LogP contribution in [0.15, 0.2) is 29.1 Å². The monoisotopic (exact) mass is 308 g/mol. The second kappa shape index (κ2) is 6.95. The molecule has 0 radical (unpaired) electrons. The van der Waals surface area contributed by atoms with Gasteiger partial charge in [-0.15, -0.1) is 0 Å². The molecule has 0 saturated heterocycles. The number of benzene rings is 1. The molecule has 0 atom stereocenters. The van der Waals surface area contributed by atoms with Gasteiger partial charge in [0.15, 0.2) is 0 Å². The molecule has 106 valence electrons. The molecule has 1 heterocycles. The predicted molar refractivity (Wildman–Crippen MR) is 85.6 cm³/mol. The summed E-state index contributed by atoms with van der Waals surface area (Å²) in [6.45, 7) is 3.68. The smallest absolute Gasteiger partial charge is 0.254 e. The average molecular weight is 309 g/mol. The van der Waals surface area contributed by atoms with Crippen molar-refractivity contribution < 1.29 is 0 Å². The largest absolute Gasteiger partial charge is 0.311 e. The number of hydrogen-bond donors (Lipinski definition) is 1. The number of nitrogens with one attached hydrogen (secondary N) is 1. The van der Waals surface area contributed by atoms with E-state index in [1.165, 1.54) is 0 Å². The summed E-state index contributed by atoms with van der Waals surface area (Å²) >= 11 is 7.88. The van der Waals surface area contributed by atoms with Crippen molar-refractivity contribution in [2.24, 2.45) is 0 Å². The summed E-state index contributed by atoms with van der Waals surface area (Å²) in [6, 6.07) is 7.84. The Kier molecular flexibility index (Phi) is 5.26. The Morgan fingerprint density at radius 1 is 1.30 bits per heavy atom. The third kappa shape index (κ3) is 3.87. The Labute approximate surface area is 127 Å². The van der Waals surface area contributed by atoms with Crippen LogP contribution >= 0.6 is 23.4 Å². The molecule has 0 amide bonds. The molecule has 0 aliphatic carbocycles. The SMILES string of the molecule is Cc1nc(C)c(CCSCc2ccccc2Cl)c(=O)[nH]1. The molecule has 0 saturated carbocycles. The van der Waals surface area contributed by atoms with Crippen molar-refractivity contribution in [3.8, 4) is 0 Å². The molecule has 0 aliphatic heterocycles. The zero-order valence-electron chi connectivity index (χ0n) is 11.6. The molecule has 2 aromatic rings. The van der Waals surface area contributed by atoms with Crippen LogP contribution in [0.25, 0.3) is 0 Å².